The zero-order valence-corrected chi connectivity index (χ0v) is 29.5. The Bertz CT molecular complexity index is 2530. The lowest BCUT2D eigenvalue weighted by molar-refractivity contribution is -0.640. The molecule has 0 saturated carbocycles. The van der Waals surface area contributed by atoms with Crippen molar-refractivity contribution in [3.05, 3.63) is 196 Å². The molecule has 3 aliphatic rings. The van der Waals surface area contributed by atoms with E-state index in [-0.39, 0.29) is 0 Å². The van der Waals surface area contributed by atoms with Crippen molar-refractivity contribution < 1.29 is 4.68 Å². The highest BCUT2D eigenvalue weighted by atomic mass is 15.3. The molecular formula is C43H38N9+. The molecule has 0 saturated heterocycles. The summed E-state index contributed by atoms with van der Waals surface area (Å²) in [4.78, 5) is 27.0. The highest BCUT2D eigenvalue weighted by molar-refractivity contribution is 6.30. The SMILES string of the molecule is C/C=C(\C=C/NC)C1=C=c2cc/c([nH]2)=C(\c2ccncc2)C2=N/C(=C(/c3ccncc3)c3cc[n+]([nH]3)/C(c3ccncc3)=C3/C=CC1=N3)C=C2.CC. The van der Waals surface area contributed by atoms with E-state index in [1.807, 2.05) is 106 Å². The van der Waals surface area contributed by atoms with Crippen molar-refractivity contribution >= 4 is 34.0 Å². The Morgan fingerprint density at radius 1 is 0.712 bits per heavy atom. The first-order chi connectivity index (χ1) is 25.7. The summed E-state index contributed by atoms with van der Waals surface area (Å²) in [5.41, 5.74) is 15.3. The number of hydrogen-bond donors (Lipinski definition) is 3. The van der Waals surface area contributed by atoms with Gasteiger partial charge < -0.3 is 10.3 Å². The average molecular weight is 681 g/mol. The summed E-state index contributed by atoms with van der Waals surface area (Å²) in [5.74, 6) is 0. The zero-order chi connectivity index (χ0) is 35.9. The number of allylic oxidation sites excluding steroid dienone is 8. The Labute approximate surface area is 302 Å². The molecule has 0 radical (unpaired) electrons. The second-order valence-corrected chi connectivity index (χ2v) is 11.6. The molecule has 3 aliphatic heterocycles. The third-order valence-electron chi connectivity index (χ3n) is 8.57. The van der Waals surface area contributed by atoms with Crippen LogP contribution in [0.25, 0.3) is 22.6 Å². The van der Waals surface area contributed by atoms with Crippen molar-refractivity contribution in [3.63, 3.8) is 0 Å². The van der Waals surface area contributed by atoms with Crippen LogP contribution in [0.2, 0.25) is 0 Å². The molecule has 0 spiro atoms. The van der Waals surface area contributed by atoms with Crippen LogP contribution in [0.15, 0.2) is 173 Å². The van der Waals surface area contributed by atoms with Crippen LogP contribution in [0.5, 0.6) is 0 Å². The summed E-state index contributed by atoms with van der Waals surface area (Å²) < 4.78 is 2.01. The Morgan fingerprint density at radius 2 is 1.33 bits per heavy atom. The van der Waals surface area contributed by atoms with E-state index < -0.39 is 0 Å². The van der Waals surface area contributed by atoms with Crippen LogP contribution in [0, 0.1) is 0 Å². The summed E-state index contributed by atoms with van der Waals surface area (Å²) in [6, 6.07) is 18.2. The standard InChI is InChI=1S/C41H31N9.C2H6/c1-3-27(10-18-42-2)32-26-31-4-5-34(46-31)39(28-11-19-43-20-12-28)35-7-8-36(48-35)40(29-13-21-44-22-14-29)37-17-25-50(49-37)41(30-15-23-45-24-16-30)38-9-6-33(32)47-38;1-2/h3-25,42H,1-2H3,(H,43,44,46,48,49);1-2H3/p+1/b18-10-,27-3+,41-38-;. The van der Waals surface area contributed by atoms with Crippen molar-refractivity contribution in [2.24, 2.45) is 9.98 Å². The van der Waals surface area contributed by atoms with E-state index in [1.165, 1.54) is 0 Å². The van der Waals surface area contributed by atoms with E-state index >= 15 is 0 Å². The number of nitrogens with one attached hydrogen (secondary N) is 3. The van der Waals surface area contributed by atoms with Crippen LogP contribution >= 0.6 is 0 Å². The monoisotopic (exact) mass is 680 g/mol. The number of nitrogens with zero attached hydrogens (tertiary/aromatic N) is 6. The van der Waals surface area contributed by atoms with Gasteiger partial charge in [0.1, 0.15) is 11.4 Å². The van der Waals surface area contributed by atoms with E-state index in [4.69, 9.17) is 9.98 Å². The molecule has 9 heteroatoms. The molecule has 9 nitrogen and oxygen atoms in total. The second-order valence-electron chi connectivity index (χ2n) is 11.6. The van der Waals surface area contributed by atoms with Crippen LogP contribution in [0.3, 0.4) is 0 Å². The van der Waals surface area contributed by atoms with E-state index in [9.17, 15) is 0 Å². The lowest BCUT2D eigenvalue weighted by atomic mass is 10.0. The maximum Gasteiger partial charge on any atom is 0.268 e. The van der Waals surface area contributed by atoms with Gasteiger partial charge in [0.25, 0.3) is 5.70 Å². The Balaban J connectivity index is 0.00000207. The molecule has 254 valence electrons. The topological polar surface area (TPSA) is 111 Å². The molecule has 0 atom stereocenters. The molecule has 0 aliphatic carbocycles. The predicted molar refractivity (Wildman–Crippen MR) is 208 cm³/mol. The van der Waals surface area contributed by atoms with Gasteiger partial charge in [0.15, 0.2) is 0 Å². The van der Waals surface area contributed by atoms with Gasteiger partial charge in [-0.2, -0.15) is 5.10 Å². The van der Waals surface area contributed by atoms with E-state index in [1.54, 1.807) is 37.2 Å². The highest BCUT2D eigenvalue weighted by Crippen LogP contribution is 2.31. The summed E-state index contributed by atoms with van der Waals surface area (Å²) >= 11 is 0. The molecule has 8 heterocycles. The third-order valence-corrected chi connectivity index (χ3v) is 8.57. The molecule has 52 heavy (non-hydrogen) atoms. The molecule has 8 rings (SSSR count). The number of rotatable bonds is 6. The maximum atomic E-state index is 5.28. The first-order valence-corrected chi connectivity index (χ1v) is 17.3. The van der Waals surface area contributed by atoms with Crippen molar-refractivity contribution in [2.75, 3.05) is 7.05 Å². The molecule has 0 aromatic carbocycles. The number of H-pyrrole nitrogens is 2. The number of aromatic amines is 2. The van der Waals surface area contributed by atoms with Gasteiger partial charge >= 0.3 is 0 Å². The summed E-state index contributed by atoms with van der Waals surface area (Å²) in [6.45, 7) is 6.02. The van der Waals surface area contributed by atoms with Gasteiger partial charge in [-0.15, -0.1) is 0 Å². The fourth-order valence-electron chi connectivity index (χ4n) is 6.27. The summed E-state index contributed by atoms with van der Waals surface area (Å²) in [5, 5.41) is 8.50. The smallest absolute Gasteiger partial charge is 0.268 e. The van der Waals surface area contributed by atoms with Gasteiger partial charge in [0.2, 0.25) is 6.20 Å². The lowest BCUT2D eigenvalue weighted by Gasteiger charge is -2.08. The number of fused-ring (bicyclic) bond motifs is 6. The molecule has 0 amide bonds. The van der Waals surface area contributed by atoms with Crippen LogP contribution in [0.4, 0.5) is 0 Å². The molecule has 5 aromatic heterocycles. The van der Waals surface area contributed by atoms with E-state index in [2.05, 4.69) is 66.4 Å². The van der Waals surface area contributed by atoms with Crippen LogP contribution in [0.1, 0.15) is 43.2 Å². The molecule has 8 bridgehead atoms. The first-order valence-electron chi connectivity index (χ1n) is 17.3. The van der Waals surface area contributed by atoms with Crippen molar-refractivity contribution in [3.8, 4) is 0 Å². The number of aliphatic imine (C=N–C) groups is 2. The number of pyridine rings is 3. The Kier molecular flexibility index (Phi) is 9.86. The normalized spacial score (nSPS) is 19.0. The largest absolute Gasteiger partial charge is 0.394 e. The van der Waals surface area contributed by atoms with Crippen molar-refractivity contribution in [1.82, 2.24) is 30.4 Å². The van der Waals surface area contributed by atoms with Gasteiger partial charge in [-0.1, -0.05) is 30.3 Å². The molecular weight excluding hydrogens is 643 g/mol. The Morgan fingerprint density at radius 3 is 2.00 bits per heavy atom. The summed E-state index contributed by atoms with van der Waals surface area (Å²) in [6.07, 6.45) is 27.1. The van der Waals surface area contributed by atoms with E-state index in [0.29, 0.717) is 0 Å². The Hall–Kier alpha value is -6.96. The number of aromatic nitrogens is 6. The fraction of sp³-hybridized carbons (Fsp3) is 0.0930. The second kappa shape index (κ2) is 15.3. The van der Waals surface area contributed by atoms with Gasteiger partial charge in [-0.3, -0.25) is 15.0 Å². The fourth-order valence-corrected chi connectivity index (χ4v) is 6.27. The van der Waals surface area contributed by atoms with Crippen LogP contribution in [-0.4, -0.2) is 43.5 Å². The minimum atomic E-state index is 0.789. The summed E-state index contributed by atoms with van der Waals surface area (Å²) in [7, 11) is 1.88. The van der Waals surface area contributed by atoms with Crippen LogP contribution < -0.4 is 20.7 Å². The molecule has 5 aromatic rings. The number of hydrogen-bond acceptors (Lipinski definition) is 6. The lowest BCUT2D eigenvalue weighted by Crippen LogP contribution is -2.35. The first kappa shape index (κ1) is 33.5. The van der Waals surface area contributed by atoms with Gasteiger partial charge in [0, 0.05) is 66.8 Å². The zero-order valence-electron chi connectivity index (χ0n) is 29.5. The quantitative estimate of drug-likeness (QED) is 0.157. The molecule has 0 fully saturated rings. The van der Waals surface area contributed by atoms with Crippen molar-refractivity contribution in [2.45, 2.75) is 20.8 Å². The molecule has 0 unspecified atom stereocenters. The minimum absolute atomic E-state index is 0.789. The molecule has 3 N–H and O–H groups in total. The van der Waals surface area contributed by atoms with Gasteiger partial charge in [-0.25, -0.2) is 9.98 Å². The van der Waals surface area contributed by atoms with Gasteiger partial charge in [0.05, 0.1) is 33.6 Å². The predicted octanol–water partition coefficient (Wildman–Crippen LogP) is 5.74. The van der Waals surface area contributed by atoms with Crippen LogP contribution in [-0.2, 0) is 0 Å². The minimum Gasteiger partial charge on any atom is -0.394 e. The van der Waals surface area contributed by atoms with Crippen molar-refractivity contribution in [1.29, 1.82) is 0 Å². The highest BCUT2D eigenvalue weighted by Gasteiger charge is 2.27. The average Bonchev–Trinajstić information content (AvgIpc) is 4.04. The maximum absolute atomic E-state index is 5.28. The van der Waals surface area contributed by atoms with E-state index in [0.717, 1.165) is 83.9 Å². The van der Waals surface area contributed by atoms with Gasteiger partial charge in [-0.05, 0) is 109 Å². The third kappa shape index (κ3) is 6.64.